The lowest BCUT2D eigenvalue weighted by Crippen LogP contribution is -2.00. The minimum atomic E-state index is 0.467. The first-order valence-corrected chi connectivity index (χ1v) is 6.64. The highest BCUT2D eigenvalue weighted by atomic mass is 79.9. The molecule has 0 unspecified atom stereocenters. The lowest BCUT2D eigenvalue weighted by Gasteiger charge is -2.08. The Kier molecular flexibility index (Phi) is 3.49. The van der Waals surface area contributed by atoms with Gasteiger partial charge in [0.15, 0.2) is 5.82 Å². The van der Waals surface area contributed by atoms with Gasteiger partial charge in [-0.1, -0.05) is 15.9 Å². The van der Waals surface area contributed by atoms with Gasteiger partial charge in [-0.05, 0) is 53.5 Å². The summed E-state index contributed by atoms with van der Waals surface area (Å²) in [5.74, 6) is 1.13. The molecule has 88 valence electrons. The van der Waals surface area contributed by atoms with Crippen molar-refractivity contribution in [2.75, 3.05) is 5.73 Å². The van der Waals surface area contributed by atoms with Crippen molar-refractivity contribution in [2.45, 2.75) is 13.8 Å². The summed E-state index contributed by atoms with van der Waals surface area (Å²) in [4.78, 5) is 8.74. The van der Waals surface area contributed by atoms with E-state index in [4.69, 9.17) is 5.73 Å². The summed E-state index contributed by atoms with van der Waals surface area (Å²) >= 11 is 6.79. The van der Waals surface area contributed by atoms with E-state index in [1.807, 2.05) is 32.0 Å². The molecule has 0 aliphatic heterocycles. The Balaban J connectivity index is 2.61. The molecule has 1 heterocycles. The van der Waals surface area contributed by atoms with Crippen LogP contribution in [0.2, 0.25) is 0 Å². The molecule has 0 atom stereocenters. The van der Waals surface area contributed by atoms with Gasteiger partial charge in [0, 0.05) is 10.0 Å². The SMILES string of the molecule is Cc1cc(Br)ccc1-c1nc(C)c(Br)c(N)n1. The summed E-state index contributed by atoms with van der Waals surface area (Å²) in [6, 6.07) is 5.99. The van der Waals surface area contributed by atoms with Crippen molar-refractivity contribution in [3.8, 4) is 11.4 Å². The van der Waals surface area contributed by atoms with Gasteiger partial charge in [0.05, 0.1) is 10.2 Å². The van der Waals surface area contributed by atoms with Crippen LogP contribution >= 0.6 is 31.9 Å². The number of rotatable bonds is 1. The summed E-state index contributed by atoms with van der Waals surface area (Å²) in [5, 5.41) is 0. The van der Waals surface area contributed by atoms with Crippen LogP contribution in [-0.4, -0.2) is 9.97 Å². The molecule has 1 aromatic heterocycles. The first kappa shape index (κ1) is 12.5. The van der Waals surface area contributed by atoms with Crippen LogP contribution in [0.4, 0.5) is 5.82 Å². The van der Waals surface area contributed by atoms with Gasteiger partial charge in [-0.3, -0.25) is 0 Å². The maximum atomic E-state index is 5.83. The molecule has 0 saturated carbocycles. The van der Waals surface area contributed by atoms with Crippen molar-refractivity contribution in [1.29, 1.82) is 0 Å². The average Bonchev–Trinajstić information content (AvgIpc) is 2.25. The number of aryl methyl sites for hydroxylation is 2. The summed E-state index contributed by atoms with van der Waals surface area (Å²) in [6.45, 7) is 3.93. The summed E-state index contributed by atoms with van der Waals surface area (Å²) in [7, 11) is 0. The van der Waals surface area contributed by atoms with Crippen molar-refractivity contribution < 1.29 is 0 Å². The first-order valence-electron chi connectivity index (χ1n) is 5.05. The molecule has 0 aliphatic carbocycles. The van der Waals surface area contributed by atoms with Crippen LogP contribution in [0.25, 0.3) is 11.4 Å². The highest BCUT2D eigenvalue weighted by molar-refractivity contribution is 9.10. The molecule has 0 amide bonds. The average molecular weight is 357 g/mol. The predicted molar refractivity (Wildman–Crippen MR) is 76.8 cm³/mol. The van der Waals surface area contributed by atoms with E-state index in [2.05, 4.69) is 41.8 Å². The van der Waals surface area contributed by atoms with E-state index < -0.39 is 0 Å². The van der Waals surface area contributed by atoms with E-state index >= 15 is 0 Å². The van der Waals surface area contributed by atoms with Crippen LogP contribution in [-0.2, 0) is 0 Å². The van der Waals surface area contributed by atoms with Crippen molar-refractivity contribution in [1.82, 2.24) is 9.97 Å². The molecular formula is C12H11Br2N3. The summed E-state index contributed by atoms with van der Waals surface area (Å²) in [6.07, 6.45) is 0. The van der Waals surface area contributed by atoms with Crippen LogP contribution in [0.15, 0.2) is 27.1 Å². The Labute approximate surface area is 117 Å². The standard InChI is InChI=1S/C12H11Br2N3/c1-6-5-8(13)3-4-9(6)12-16-7(2)10(14)11(15)17-12/h3-5H,1-2H3,(H2,15,16,17). The molecule has 2 N–H and O–H groups in total. The van der Waals surface area contributed by atoms with Crippen molar-refractivity contribution in [3.05, 3.63) is 38.4 Å². The number of nitrogens with two attached hydrogens (primary N) is 1. The first-order chi connectivity index (χ1) is 7.99. The van der Waals surface area contributed by atoms with Crippen LogP contribution in [0.5, 0.6) is 0 Å². The molecule has 5 heteroatoms. The molecule has 2 aromatic rings. The molecule has 3 nitrogen and oxygen atoms in total. The quantitative estimate of drug-likeness (QED) is 0.843. The van der Waals surface area contributed by atoms with E-state index in [1.54, 1.807) is 0 Å². The van der Waals surface area contributed by atoms with Crippen LogP contribution in [0.1, 0.15) is 11.3 Å². The molecule has 0 aliphatic rings. The highest BCUT2D eigenvalue weighted by Crippen LogP contribution is 2.27. The number of nitrogens with zero attached hydrogens (tertiary/aromatic N) is 2. The van der Waals surface area contributed by atoms with Gasteiger partial charge in [-0.15, -0.1) is 0 Å². The zero-order valence-electron chi connectivity index (χ0n) is 9.46. The monoisotopic (exact) mass is 355 g/mol. The van der Waals surface area contributed by atoms with Crippen LogP contribution in [0.3, 0.4) is 0 Å². The Hall–Kier alpha value is -0.940. The van der Waals surface area contributed by atoms with Crippen LogP contribution in [0, 0.1) is 13.8 Å². The third-order valence-electron chi connectivity index (χ3n) is 2.47. The van der Waals surface area contributed by atoms with Crippen molar-refractivity contribution >= 4 is 37.7 Å². The number of nitrogen functional groups attached to an aromatic ring is 1. The zero-order valence-corrected chi connectivity index (χ0v) is 12.6. The lowest BCUT2D eigenvalue weighted by atomic mass is 10.1. The Bertz CT molecular complexity index is 559. The van der Waals surface area contributed by atoms with E-state index in [-0.39, 0.29) is 0 Å². The molecule has 17 heavy (non-hydrogen) atoms. The van der Waals surface area contributed by atoms with Gasteiger partial charge in [0.2, 0.25) is 0 Å². The van der Waals surface area contributed by atoms with Gasteiger partial charge >= 0.3 is 0 Å². The van der Waals surface area contributed by atoms with Gasteiger partial charge in [0.1, 0.15) is 5.82 Å². The Morgan fingerprint density at radius 1 is 1.12 bits per heavy atom. The van der Waals surface area contributed by atoms with E-state index in [1.165, 1.54) is 0 Å². The molecule has 0 fully saturated rings. The fourth-order valence-corrected chi connectivity index (χ4v) is 2.23. The Morgan fingerprint density at radius 3 is 2.41 bits per heavy atom. The van der Waals surface area contributed by atoms with Gasteiger partial charge in [0.25, 0.3) is 0 Å². The third-order valence-corrected chi connectivity index (χ3v) is 3.95. The number of benzene rings is 1. The predicted octanol–water partition coefficient (Wildman–Crippen LogP) is 3.87. The number of hydrogen-bond acceptors (Lipinski definition) is 3. The molecular weight excluding hydrogens is 346 g/mol. The minimum absolute atomic E-state index is 0.467. The van der Waals surface area contributed by atoms with Crippen LogP contribution < -0.4 is 5.73 Å². The molecule has 0 spiro atoms. The fourth-order valence-electron chi connectivity index (χ4n) is 1.58. The molecule has 2 rings (SSSR count). The van der Waals surface area contributed by atoms with E-state index in [0.29, 0.717) is 11.6 Å². The topological polar surface area (TPSA) is 51.8 Å². The summed E-state index contributed by atoms with van der Waals surface area (Å²) < 4.78 is 1.80. The zero-order chi connectivity index (χ0) is 12.6. The lowest BCUT2D eigenvalue weighted by molar-refractivity contribution is 1.10. The number of aromatic nitrogens is 2. The van der Waals surface area contributed by atoms with Gasteiger partial charge in [-0.25, -0.2) is 9.97 Å². The largest absolute Gasteiger partial charge is 0.383 e. The number of halogens is 2. The molecule has 0 saturated heterocycles. The highest BCUT2D eigenvalue weighted by Gasteiger charge is 2.10. The third kappa shape index (κ3) is 2.50. The second-order valence-electron chi connectivity index (χ2n) is 3.79. The second kappa shape index (κ2) is 4.74. The number of anilines is 1. The van der Waals surface area contributed by atoms with Gasteiger partial charge in [-0.2, -0.15) is 0 Å². The maximum Gasteiger partial charge on any atom is 0.162 e. The van der Waals surface area contributed by atoms with E-state index in [0.717, 1.165) is 25.8 Å². The fraction of sp³-hybridized carbons (Fsp3) is 0.167. The normalized spacial score (nSPS) is 10.6. The molecule has 0 radical (unpaired) electrons. The molecule has 0 bridgehead atoms. The summed E-state index contributed by atoms with van der Waals surface area (Å²) in [5.41, 5.74) is 8.78. The van der Waals surface area contributed by atoms with Crippen molar-refractivity contribution in [2.24, 2.45) is 0 Å². The second-order valence-corrected chi connectivity index (χ2v) is 5.50. The minimum Gasteiger partial charge on any atom is -0.383 e. The van der Waals surface area contributed by atoms with E-state index in [9.17, 15) is 0 Å². The molecule has 1 aromatic carbocycles. The smallest absolute Gasteiger partial charge is 0.162 e. The van der Waals surface area contributed by atoms with Crippen molar-refractivity contribution in [3.63, 3.8) is 0 Å². The van der Waals surface area contributed by atoms with Gasteiger partial charge < -0.3 is 5.73 Å². The number of hydrogen-bond donors (Lipinski definition) is 1. The Morgan fingerprint density at radius 2 is 1.82 bits per heavy atom. The maximum absolute atomic E-state index is 5.83.